The van der Waals surface area contributed by atoms with Gasteiger partial charge >= 0.3 is 0 Å². The van der Waals surface area contributed by atoms with Crippen LogP contribution in [0.15, 0.2) is 11.6 Å². The number of rotatable bonds is 1. The predicted octanol–water partition coefficient (Wildman–Crippen LogP) is 2.75. The van der Waals surface area contributed by atoms with Crippen molar-refractivity contribution < 1.29 is 10.2 Å². The minimum absolute atomic E-state index is 0.224. The SMILES string of the molecule is CC1=CC[C@@H]2[C@@H]([C@@H]1O)[C@H](C(C)C)CC[C@@]2(C)O. The summed E-state index contributed by atoms with van der Waals surface area (Å²) in [6.45, 7) is 8.44. The second-order valence-electron chi connectivity index (χ2n) is 6.62. The third-order valence-electron chi connectivity index (χ3n) is 5.12. The van der Waals surface area contributed by atoms with E-state index in [1.165, 1.54) is 0 Å². The van der Waals surface area contributed by atoms with E-state index >= 15 is 0 Å². The van der Waals surface area contributed by atoms with Gasteiger partial charge in [0.15, 0.2) is 0 Å². The molecule has 2 rings (SSSR count). The standard InChI is InChI=1S/C15H26O2/c1-9(2)11-7-8-15(4,17)12-6-5-10(3)14(16)13(11)12/h5,9,11-14,16-17H,6-8H2,1-4H3/t11-,12+,13-,14+,15+/m0/s1. The smallest absolute Gasteiger partial charge is 0.0782 e. The molecule has 0 heterocycles. The van der Waals surface area contributed by atoms with E-state index in [2.05, 4.69) is 19.9 Å². The van der Waals surface area contributed by atoms with E-state index in [4.69, 9.17) is 0 Å². The maximum absolute atomic E-state index is 10.5. The lowest BCUT2D eigenvalue weighted by Gasteiger charge is -2.51. The maximum atomic E-state index is 10.5. The largest absolute Gasteiger partial charge is 0.390 e. The molecule has 0 spiro atoms. The van der Waals surface area contributed by atoms with E-state index in [0.29, 0.717) is 11.8 Å². The summed E-state index contributed by atoms with van der Waals surface area (Å²) in [5.74, 6) is 1.59. The lowest BCUT2D eigenvalue weighted by atomic mass is 9.57. The molecular weight excluding hydrogens is 212 g/mol. The van der Waals surface area contributed by atoms with Crippen LogP contribution in [-0.4, -0.2) is 21.9 Å². The molecule has 0 amide bonds. The van der Waals surface area contributed by atoms with Crippen molar-refractivity contribution in [3.05, 3.63) is 11.6 Å². The Hall–Kier alpha value is -0.340. The topological polar surface area (TPSA) is 40.5 Å². The molecule has 1 fully saturated rings. The van der Waals surface area contributed by atoms with E-state index in [1.807, 2.05) is 13.8 Å². The Bertz CT molecular complexity index is 317. The minimum Gasteiger partial charge on any atom is -0.390 e. The van der Waals surface area contributed by atoms with Crippen LogP contribution in [0.25, 0.3) is 0 Å². The Balaban J connectivity index is 2.33. The van der Waals surface area contributed by atoms with E-state index in [-0.39, 0.29) is 17.9 Å². The van der Waals surface area contributed by atoms with Gasteiger partial charge in [0.05, 0.1) is 11.7 Å². The molecule has 0 aromatic heterocycles. The monoisotopic (exact) mass is 238 g/mol. The van der Waals surface area contributed by atoms with Crippen molar-refractivity contribution in [1.29, 1.82) is 0 Å². The lowest BCUT2D eigenvalue weighted by Crippen LogP contribution is -2.53. The molecule has 0 aliphatic heterocycles. The molecule has 2 aliphatic carbocycles. The van der Waals surface area contributed by atoms with Crippen molar-refractivity contribution in [2.75, 3.05) is 0 Å². The van der Waals surface area contributed by atoms with Gasteiger partial charge < -0.3 is 10.2 Å². The van der Waals surface area contributed by atoms with Crippen LogP contribution < -0.4 is 0 Å². The fourth-order valence-corrected chi connectivity index (χ4v) is 3.93. The summed E-state index contributed by atoms with van der Waals surface area (Å²) in [6.07, 6.45) is 4.59. The minimum atomic E-state index is -0.603. The molecule has 2 heteroatoms. The maximum Gasteiger partial charge on any atom is 0.0782 e. The van der Waals surface area contributed by atoms with Crippen LogP contribution in [0.2, 0.25) is 0 Å². The van der Waals surface area contributed by atoms with Crippen LogP contribution >= 0.6 is 0 Å². The van der Waals surface area contributed by atoms with Crippen molar-refractivity contribution in [1.82, 2.24) is 0 Å². The Kier molecular flexibility index (Phi) is 3.39. The summed E-state index contributed by atoms with van der Waals surface area (Å²) in [7, 11) is 0. The van der Waals surface area contributed by atoms with E-state index in [9.17, 15) is 10.2 Å². The van der Waals surface area contributed by atoms with E-state index in [0.717, 1.165) is 24.8 Å². The van der Waals surface area contributed by atoms with Gasteiger partial charge in [-0.25, -0.2) is 0 Å². The first-order chi connectivity index (χ1) is 7.84. The first-order valence-electron chi connectivity index (χ1n) is 6.91. The highest BCUT2D eigenvalue weighted by Gasteiger charge is 2.50. The van der Waals surface area contributed by atoms with Crippen LogP contribution in [0.3, 0.4) is 0 Å². The summed E-state index contributed by atoms with van der Waals surface area (Å²) in [5.41, 5.74) is 0.489. The summed E-state index contributed by atoms with van der Waals surface area (Å²) in [6, 6.07) is 0. The van der Waals surface area contributed by atoms with Gasteiger partial charge in [-0.2, -0.15) is 0 Å². The van der Waals surface area contributed by atoms with E-state index in [1.54, 1.807) is 0 Å². The molecule has 2 aliphatic rings. The Morgan fingerprint density at radius 1 is 1.41 bits per heavy atom. The number of hydrogen-bond acceptors (Lipinski definition) is 2. The van der Waals surface area contributed by atoms with Crippen LogP contribution in [0.5, 0.6) is 0 Å². The van der Waals surface area contributed by atoms with Gasteiger partial charge in [0.2, 0.25) is 0 Å². The highest BCUT2D eigenvalue weighted by molar-refractivity contribution is 5.17. The normalized spacial score (nSPS) is 46.6. The average molecular weight is 238 g/mol. The summed E-state index contributed by atoms with van der Waals surface area (Å²) < 4.78 is 0. The fourth-order valence-electron chi connectivity index (χ4n) is 3.93. The molecule has 0 bridgehead atoms. The second-order valence-corrected chi connectivity index (χ2v) is 6.62. The molecule has 2 nitrogen and oxygen atoms in total. The third-order valence-corrected chi connectivity index (χ3v) is 5.12. The second kappa shape index (κ2) is 4.40. The quantitative estimate of drug-likeness (QED) is 0.690. The van der Waals surface area contributed by atoms with Gasteiger partial charge in [0.1, 0.15) is 0 Å². The van der Waals surface area contributed by atoms with Gasteiger partial charge in [0, 0.05) is 0 Å². The molecule has 98 valence electrons. The van der Waals surface area contributed by atoms with Gasteiger partial charge in [-0.1, -0.05) is 19.9 Å². The Morgan fingerprint density at radius 3 is 2.65 bits per heavy atom. The summed E-state index contributed by atoms with van der Waals surface area (Å²) >= 11 is 0. The first-order valence-corrected chi connectivity index (χ1v) is 6.91. The zero-order chi connectivity index (χ0) is 12.8. The molecule has 0 radical (unpaired) electrons. The van der Waals surface area contributed by atoms with Crippen LogP contribution in [0, 0.1) is 23.7 Å². The van der Waals surface area contributed by atoms with Gasteiger partial charge in [0.25, 0.3) is 0 Å². The average Bonchev–Trinajstić information content (AvgIpc) is 2.23. The first kappa shape index (κ1) is 13.1. The van der Waals surface area contributed by atoms with Gasteiger partial charge in [-0.15, -0.1) is 0 Å². The van der Waals surface area contributed by atoms with Crippen molar-refractivity contribution >= 4 is 0 Å². The third kappa shape index (κ3) is 2.17. The molecule has 2 N–H and O–H groups in total. The number of allylic oxidation sites excluding steroid dienone is 1. The van der Waals surface area contributed by atoms with Crippen molar-refractivity contribution in [3.63, 3.8) is 0 Å². The van der Waals surface area contributed by atoms with E-state index < -0.39 is 5.60 Å². The van der Waals surface area contributed by atoms with Crippen molar-refractivity contribution in [2.24, 2.45) is 23.7 Å². The van der Waals surface area contributed by atoms with Crippen LogP contribution in [-0.2, 0) is 0 Å². The van der Waals surface area contributed by atoms with Crippen molar-refractivity contribution in [2.45, 2.75) is 58.7 Å². The number of fused-ring (bicyclic) bond motifs is 1. The van der Waals surface area contributed by atoms with Crippen LogP contribution in [0.1, 0.15) is 47.0 Å². The zero-order valence-corrected chi connectivity index (χ0v) is 11.5. The lowest BCUT2D eigenvalue weighted by molar-refractivity contribution is -0.118. The number of aliphatic hydroxyl groups excluding tert-OH is 1. The summed E-state index contributed by atoms with van der Waals surface area (Å²) in [4.78, 5) is 0. The highest BCUT2D eigenvalue weighted by atomic mass is 16.3. The molecule has 0 unspecified atom stereocenters. The number of hydrogen-bond donors (Lipinski definition) is 2. The fraction of sp³-hybridized carbons (Fsp3) is 0.867. The molecule has 1 saturated carbocycles. The Labute approximate surface area is 105 Å². The number of aliphatic hydroxyl groups is 2. The molecule has 5 atom stereocenters. The summed E-state index contributed by atoms with van der Waals surface area (Å²) in [5, 5.41) is 21.0. The van der Waals surface area contributed by atoms with Gasteiger partial charge in [-0.3, -0.25) is 0 Å². The molecule has 0 saturated heterocycles. The Morgan fingerprint density at radius 2 is 2.06 bits per heavy atom. The molecular formula is C15H26O2. The molecule has 0 aromatic carbocycles. The zero-order valence-electron chi connectivity index (χ0n) is 11.5. The van der Waals surface area contributed by atoms with Crippen LogP contribution in [0.4, 0.5) is 0 Å². The van der Waals surface area contributed by atoms with Gasteiger partial charge in [-0.05, 0) is 62.4 Å². The van der Waals surface area contributed by atoms with Crippen molar-refractivity contribution in [3.8, 4) is 0 Å². The predicted molar refractivity (Wildman–Crippen MR) is 69.5 cm³/mol. The molecule has 0 aromatic rings. The molecule has 17 heavy (non-hydrogen) atoms. The highest BCUT2D eigenvalue weighted by Crippen LogP contribution is 2.50.